The van der Waals surface area contributed by atoms with Gasteiger partial charge in [-0.2, -0.15) is 4.31 Å². The second-order valence-corrected chi connectivity index (χ2v) is 11.4. The van der Waals surface area contributed by atoms with Gasteiger partial charge in [-0.05, 0) is 42.8 Å². The monoisotopic (exact) mass is 482 g/mol. The maximum Gasteiger partial charge on any atom is 0.255 e. The minimum atomic E-state index is -3.78. The van der Waals surface area contributed by atoms with Gasteiger partial charge in [0.05, 0.1) is 41.7 Å². The van der Waals surface area contributed by atoms with Gasteiger partial charge < -0.3 is 14.8 Å². The molecule has 1 heterocycles. The van der Waals surface area contributed by atoms with Crippen LogP contribution in [-0.4, -0.2) is 66.7 Å². The van der Waals surface area contributed by atoms with Gasteiger partial charge in [-0.15, -0.1) is 0 Å². The molecule has 1 saturated heterocycles. The van der Waals surface area contributed by atoms with Crippen molar-refractivity contribution in [3.8, 4) is 5.75 Å². The lowest BCUT2D eigenvalue weighted by atomic mass is 10.1. The molecule has 2 aromatic carbocycles. The van der Waals surface area contributed by atoms with Crippen molar-refractivity contribution in [2.24, 2.45) is 0 Å². The van der Waals surface area contributed by atoms with E-state index < -0.39 is 31.8 Å². The molecule has 0 saturated carbocycles. The molecule has 1 amide bonds. The van der Waals surface area contributed by atoms with Crippen molar-refractivity contribution in [1.29, 1.82) is 0 Å². The number of carbonyl (C=O) groups is 1. The maximum atomic E-state index is 13.0. The summed E-state index contributed by atoms with van der Waals surface area (Å²) in [5.74, 6) is -0.274. The summed E-state index contributed by atoms with van der Waals surface area (Å²) in [7, 11) is -5.70. The molecule has 32 heavy (non-hydrogen) atoms. The first kappa shape index (κ1) is 24.2. The molecule has 0 radical (unpaired) electrons. The van der Waals surface area contributed by atoms with E-state index >= 15 is 0 Å². The number of carbonyl (C=O) groups excluding carboxylic acids is 1. The second kappa shape index (κ2) is 9.57. The molecule has 0 aliphatic carbocycles. The average molecular weight is 483 g/mol. The summed E-state index contributed by atoms with van der Waals surface area (Å²) < 4.78 is 61.0. The van der Waals surface area contributed by atoms with Gasteiger partial charge in [-0.3, -0.25) is 4.79 Å². The molecule has 11 heteroatoms. The SMILES string of the molecule is COc1ccc(S(=O)(=O)N2CCOCC2)cc1C(=O)NC(C)c1ccc(S(C)(=O)=O)cc1. The van der Waals surface area contributed by atoms with E-state index in [-0.39, 0.29) is 34.2 Å². The van der Waals surface area contributed by atoms with E-state index in [1.54, 1.807) is 19.1 Å². The Hall–Kier alpha value is -2.47. The van der Waals surface area contributed by atoms with Gasteiger partial charge in [0.15, 0.2) is 9.84 Å². The summed E-state index contributed by atoms with van der Waals surface area (Å²) in [4.78, 5) is 13.2. The van der Waals surface area contributed by atoms with Crippen LogP contribution in [0.1, 0.15) is 28.9 Å². The minimum absolute atomic E-state index is 0.00416. The standard InChI is InChI=1S/C21H26N2O7S2/c1-15(16-4-6-17(7-5-16)31(3,25)26)22-21(24)19-14-18(8-9-20(19)29-2)32(27,28)23-10-12-30-13-11-23/h4-9,14-15H,10-13H2,1-3H3,(H,22,24). The molecule has 0 aromatic heterocycles. The van der Waals surface area contributed by atoms with Crippen LogP contribution >= 0.6 is 0 Å². The molecular weight excluding hydrogens is 456 g/mol. The van der Waals surface area contributed by atoms with Crippen LogP contribution in [0.4, 0.5) is 0 Å². The number of morpholine rings is 1. The summed E-state index contributed by atoms with van der Waals surface area (Å²) in [6, 6.07) is 9.91. The van der Waals surface area contributed by atoms with E-state index in [1.165, 1.54) is 41.7 Å². The van der Waals surface area contributed by atoms with Crippen molar-refractivity contribution in [3.05, 3.63) is 53.6 Å². The van der Waals surface area contributed by atoms with Crippen LogP contribution in [-0.2, 0) is 24.6 Å². The number of sulfonamides is 1. The highest BCUT2D eigenvalue weighted by Crippen LogP contribution is 2.26. The maximum absolute atomic E-state index is 13.0. The van der Waals surface area contributed by atoms with Crippen LogP contribution in [0.15, 0.2) is 52.3 Å². The molecule has 9 nitrogen and oxygen atoms in total. The number of amides is 1. The lowest BCUT2D eigenvalue weighted by Gasteiger charge is -2.26. The Balaban J connectivity index is 1.84. The summed E-state index contributed by atoms with van der Waals surface area (Å²) >= 11 is 0. The van der Waals surface area contributed by atoms with Gasteiger partial charge in [0.1, 0.15) is 5.75 Å². The second-order valence-electron chi connectivity index (χ2n) is 7.41. The van der Waals surface area contributed by atoms with Gasteiger partial charge in [0.2, 0.25) is 10.0 Å². The third-order valence-corrected chi connectivity index (χ3v) is 8.20. The van der Waals surface area contributed by atoms with Gasteiger partial charge in [0, 0.05) is 19.3 Å². The Morgan fingerprint density at radius 3 is 2.19 bits per heavy atom. The van der Waals surface area contributed by atoms with Gasteiger partial charge in [0.25, 0.3) is 5.91 Å². The van der Waals surface area contributed by atoms with Gasteiger partial charge in [-0.1, -0.05) is 12.1 Å². The fraction of sp³-hybridized carbons (Fsp3) is 0.381. The number of methoxy groups -OCH3 is 1. The highest BCUT2D eigenvalue weighted by molar-refractivity contribution is 7.90. The van der Waals surface area contributed by atoms with Crippen molar-refractivity contribution < 1.29 is 31.1 Å². The van der Waals surface area contributed by atoms with Crippen LogP contribution < -0.4 is 10.1 Å². The molecule has 1 aliphatic heterocycles. The number of hydrogen-bond donors (Lipinski definition) is 1. The molecule has 3 rings (SSSR count). The van der Waals surface area contributed by atoms with Gasteiger partial charge >= 0.3 is 0 Å². The number of sulfone groups is 1. The van der Waals surface area contributed by atoms with E-state index in [0.29, 0.717) is 18.8 Å². The fourth-order valence-corrected chi connectivity index (χ4v) is 5.39. The highest BCUT2D eigenvalue weighted by Gasteiger charge is 2.28. The third kappa shape index (κ3) is 5.29. The van der Waals surface area contributed by atoms with E-state index in [9.17, 15) is 21.6 Å². The summed E-state index contributed by atoms with van der Waals surface area (Å²) in [5.41, 5.74) is 0.781. The number of nitrogens with one attached hydrogen (secondary N) is 1. The van der Waals surface area contributed by atoms with Gasteiger partial charge in [-0.25, -0.2) is 16.8 Å². The van der Waals surface area contributed by atoms with Crippen LogP contribution in [0.5, 0.6) is 5.75 Å². The van der Waals surface area contributed by atoms with Crippen LogP contribution in [0.25, 0.3) is 0 Å². The van der Waals surface area contributed by atoms with E-state index in [1.807, 2.05) is 0 Å². The molecule has 1 unspecified atom stereocenters. The summed E-state index contributed by atoms with van der Waals surface area (Å²) in [6.45, 7) is 2.87. The molecule has 1 aliphatic rings. The zero-order valence-corrected chi connectivity index (χ0v) is 19.7. The zero-order chi connectivity index (χ0) is 23.5. The molecule has 2 aromatic rings. The first-order valence-electron chi connectivity index (χ1n) is 9.91. The Morgan fingerprint density at radius 2 is 1.62 bits per heavy atom. The van der Waals surface area contributed by atoms with Crippen molar-refractivity contribution in [3.63, 3.8) is 0 Å². The van der Waals surface area contributed by atoms with Crippen LogP contribution in [0.2, 0.25) is 0 Å². The topological polar surface area (TPSA) is 119 Å². The Morgan fingerprint density at radius 1 is 1.03 bits per heavy atom. The summed E-state index contributed by atoms with van der Waals surface area (Å²) in [5, 5.41) is 2.81. The molecule has 0 spiro atoms. The molecule has 174 valence electrons. The first-order valence-corrected chi connectivity index (χ1v) is 13.2. The molecule has 0 bridgehead atoms. The lowest BCUT2D eigenvalue weighted by molar-refractivity contribution is 0.0730. The molecule has 1 fully saturated rings. The number of benzene rings is 2. The Bertz CT molecular complexity index is 1190. The van der Waals surface area contributed by atoms with Crippen LogP contribution in [0, 0.1) is 0 Å². The number of nitrogens with zero attached hydrogens (tertiary/aromatic N) is 1. The quantitative estimate of drug-likeness (QED) is 0.637. The first-order chi connectivity index (χ1) is 15.0. The molecule has 1 atom stereocenters. The number of hydrogen-bond acceptors (Lipinski definition) is 7. The Kier molecular flexibility index (Phi) is 7.23. The van der Waals surface area contributed by atoms with E-state index in [0.717, 1.165) is 6.26 Å². The predicted octanol–water partition coefficient (Wildman–Crippen LogP) is 1.61. The van der Waals surface area contributed by atoms with E-state index in [4.69, 9.17) is 9.47 Å². The number of rotatable bonds is 7. The highest BCUT2D eigenvalue weighted by atomic mass is 32.2. The largest absolute Gasteiger partial charge is 0.496 e. The van der Waals surface area contributed by atoms with Crippen molar-refractivity contribution in [2.45, 2.75) is 22.8 Å². The van der Waals surface area contributed by atoms with Crippen molar-refractivity contribution >= 4 is 25.8 Å². The smallest absolute Gasteiger partial charge is 0.255 e. The van der Waals surface area contributed by atoms with E-state index in [2.05, 4.69) is 5.32 Å². The normalized spacial score (nSPS) is 16.3. The summed E-state index contributed by atoms with van der Waals surface area (Å²) in [6.07, 6.45) is 1.12. The average Bonchev–Trinajstić information content (AvgIpc) is 2.78. The minimum Gasteiger partial charge on any atom is -0.496 e. The number of ether oxygens (including phenoxy) is 2. The molecule has 1 N–H and O–H groups in total. The third-order valence-electron chi connectivity index (χ3n) is 5.18. The zero-order valence-electron chi connectivity index (χ0n) is 18.1. The fourth-order valence-electron chi connectivity index (χ4n) is 3.32. The van der Waals surface area contributed by atoms with Crippen molar-refractivity contribution in [1.82, 2.24) is 9.62 Å². The van der Waals surface area contributed by atoms with Crippen molar-refractivity contribution in [2.75, 3.05) is 39.7 Å². The van der Waals surface area contributed by atoms with Crippen LogP contribution in [0.3, 0.4) is 0 Å². The Labute approximate surface area is 188 Å². The molecular formula is C21H26N2O7S2. The predicted molar refractivity (Wildman–Crippen MR) is 118 cm³/mol. The lowest BCUT2D eigenvalue weighted by Crippen LogP contribution is -2.40.